The minimum atomic E-state index is -0.643. The minimum absolute atomic E-state index is 0.151. The number of hydrogen-bond donors (Lipinski definition) is 2. The Labute approximate surface area is 170 Å². The van der Waals surface area contributed by atoms with Crippen molar-refractivity contribution in [3.8, 4) is 5.75 Å². The third kappa shape index (κ3) is 6.13. The van der Waals surface area contributed by atoms with Crippen molar-refractivity contribution in [2.45, 2.75) is 27.3 Å². The lowest BCUT2D eigenvalue weighted by molar-refractivity contribution is -0.129. The topological polar surface area (TPSA) is 67.4 Å². The van der Waals surface area contributed by atoms with Gasteiger partial charge in [-0.1, -0.05) is 62.7 Å². The molecule has 2 rings (SSSR count). The van der Waals surface area contributed by atoms with Crippen LogP contribution in [-0.2, 0) is 16.1 Å². The maximum absolute atomic E-state index is 12.8. The van der Waals surface area contributed by atoms with Gasteiger partial charge in [0.25, 0.3) is 5.91 Å². The molecule has 148 valence electrons. The van der Waals surface area contributed by atoms with E-state index in [1.165, 1.54) is 0 Å². The predicted molar refractivity (Wildman–Crippen MR) is 112 cm³/mol. The minimum Gasteiger partial charge on any atom is -0.496 e. The average molecular weight is 401 g/mol. The molecule has 0 heterocycles. The van der Waals surface area contributed by atoms with Crippen molar-refractivity contribution in [1.82, 2.24) is 10.6 Å². The predicted octanol–water partition coefficient (Wildman–Crippen LogP) is 4.17. The molecule has 0 aliphatic carbocycles. The third-order valence-corrected chi connectivity index (χ3v) is 4.23. The van der Waals surface area contributed by atoms with Crippen LogP contribution in [0.2, 0.25) is 5.02 Å². The number of nitrogens with one attached hydrogen (secondary N) is 2. The van der Waals surface area contributed by atoms with Gasteiger partial charge in [0.05, 0.1) is 7.11 Å². The molecule has 0 unspecified atom stereocenters. The van der Waals surface area contributed by atoms with Crippen molar-refractivity contribution >= 4 is 29.5 Å². The number of carbonyl (C=O) groups is 2. The summed E-state index contributed by atoms with van der Waals surface area (Å²) in [6.07, 6.45) is 1.61. The van der Waals surface area contributed by atoms with Crippen LogP contribution in [0.15, 0.2) is 54.2 Å². The van der Waals surface area contributed by atoms with Gasteiger partial charge >= 0.3 is 0 Å². The summed E-state index contributed by atoms with van der Waals surface area (Å²) in [6.45, 7) is 5.67. The van der Waals surface area contributed by atoms with E-state index in [-0.39, 0.29) is 11.6 Å². The van der Waals surface area contributed by atoms with Crippen LogP contribution < -0.4 is 15.4 Å². The van der Waals surface area contributed by atoms with Crippen molar-refractivity contribution in [2.75, 3.05) is 7.11 Å². The second kappa shape index (κ2) is 9.42. The summed E-state index contributed by atoms with van der Waals surface area (Å²) in [7, 11) is 1.56. The molecule has 0 spiro atoms. The Balaban J connectivity index is 2.26. The van der Waals surface area contributed by atoms with Crippen LogP contribution in [-0.4, -0.2) is 18.9 Å². The summed E-state index contributed by atoms with van der Waals surface area (Å²) in [5.74, 6) is -0.0377. The highest BCUT2D eigenvalue weighted by atomic mass is 35.5. The number of ether oxygens (including phenoxy) is 1. The molecule has 2 amide bonds. The van der Waals surface area contributed by atoms with Crippen molar-refractivity contribution < 1.29 is 14.3 Å². The molecular weight excluding hydrogens is 376 g/mol. The molecule has 0 bridgehead atoms. The molecule has 6 heteroatoms. The first-order valence-electron chi connectivity index (χ1n) is 8.89. The standard InChI is InChI=1S/C22H25ClN2O3/c1-22(2,3)21(27)25-18(13-16-7-5-6-8-19(16)28-4)20(26)24-14-15-9-11-17(23)12-10-15/h5-13H,14H2,1-4H3,(H,24,26)(H,25,27)/b18-13-. The van der Waals surface area contributed by atoms with Crippen LogP contribution in [0.4, 0.5) is 0 Å². The van der Waals surface area contributed by atoms with Crippen molar-refractivity contribution in [3.05, 3.63) is 70.4 Å². The normalized spacial score (nSPS) is 11.7. The average Bonchev–Trinajstić information content (AvgIpc) is 2.66. The highest BCUT2D eigenvalue weighted by molar-refractivity contribution is 6.30. The Morgan fingerprint density at radius 2 is 1.71 bits per heavy atom. The van der Waals surface area contributed by atoms with Gasteiger partial charge in [-0.2, -0.15) is 0 Å². The Kier molecular flexibility index (Phi) is 7.24. The van der Waals surface area contributed by atoms with Crippen LogP contribution in [0.25, 0.3) is 6.08 Å². The fourth-order valence-corrected chi connectivity index (χ4v) is 2.42. The zero-order valence-electron chi connectivity index (χ0n) is 16.5. The quantitative estimate of drug-likeness (QED) is 0.715. The third-order valence-electron chi connectivity index (χ3n) is 3.98. The Bertz CT molecular complexity index is 868. The highest BCUT2D eigenvalue weighted by Crippen LogP contribution is 2.21. The maximum atomic E-state index is 12.8. The molecule has 0 fully saturated rings. The molecule has 0 saturated carbocycles. The lowest BCUT2D eigenvalue weighted by Crippen LogP contribution is -2.39. The van der Waals surface area contributed by atoms with Crippen LogP contribution in [0.3, 0.4) is 0 Å². The summed E-state index contributed by atoms with van der Waals surface area (Å²) in [5.41, 5.74) is 1.10. The number of carbonyl (C=O) groups excluding carboxylic acids is 2. The highest BCUT2D eigenvalue weighted by Gasteiger charge is 2.24. The molecule has 2 aromatic carbocycles. The van der Waals surface area contributed by atoms with Crippen molar-refractivity contribution in [1.29, 1.82) is 0 Å². The number of amides is 2. The molecule has 5 nitrogen and oxygen atoms in total. The van der Waals surface area contributed by atoms with Crippen LogP contribution in [0, 0.1) is 5.41 Å². The zero-order chi connectivity index (χ0) is 20.7. The lowest BCUT2D eigenvalue weighted by atomic mass is 9.95. The Hall–Kier alpha value is -2.79. The molecule has 2 N–H and O–H groups in total. The number of benzene rings is 2. The van der Waals surface area contributed by atoms with E-state index in [1.807, 2.05) is 30.3 Å². The molecule has 0 saturated heterocycles. The van der Waals surface area contributed by atoms with E-state index in [4.69, 9.17) is 16.3 Å². The maximum Gasteiger partial charge on any atom is 0.268 e. The van der Waals surface area contributed by atoms with E-state index < -0.39 is 11.3 Å². The Morgan fingerprint density at radius 3 is 2.32 bits per heavy atom. The van der Waals surface area contributed by atoms with Crippen LogP contribution >= 0.6 is 11.6 Å². The van der Waals surface area contributed by atoms with E-state index >= 15 is 0 Å². The van der Waals surface area contributed by atoms with Crippen molar-refractivity contribution in [2.24, 2.45) is 5.41 Å². The smallest absolute Gasteiger partial charge is 0.268 e. The van der Waals surface area contributed by atoms with E-state index in [9.17, 15) is 9.59 Å². The fraction of sp³-hybridized carbons (Fsp3) is 0.273. The second-order valence-electron chi connectivity index (χ2n) is 7.31. The number of halogens is 1. The molecule has 28 heavy (non-hydrogen) atoms. The first kappa shape index (κ1) is 21.5. The molecule has 2 aromatic rings. The molecule has 0 aliphatic heterocycles. The van der Waals surface area contributed by atoms with Gasteiger partial charge in [0, 0.05) is 22.5 Å². The van der Waals surface area contributed by atoms with Gasteiger partial charge in [-0.05, 0) is 29.8 Å². The first-order chi connectivity index (χ1) is 13.2. The van der Waals surface area contributed by atoms with Gasteiger partial charge in [-0.25, -0.2) is 0 Å². The van der Waals surface area contributed by atoms with Gasteiger partial charge in [-0.3, -0.25) is 9.59 Å². The number of para-hydroxylation sites is 1. The Morgan fingerprint density at radius 1 is 1.07 bits per heavy atom. The molecule has 0 aromatic heterocycles. The summed E-state index contributed by atoms with van der Waals surface area (Å²) in [6, 6.07) is 14.5. The fourth-order valence-electron chi connectivity index (χ4n) is 2.29. The van der Waals surface area contributed by atoms with Gasteiger partial charge in [0.2, 0.25) is 5.91 Å². The summed E-state index contributed by atoms with van der Waals surface area (Å²) >= 11 is 5.89. The largest absolute Gasteiger partial charge is 0.496 e. The van der Waals surface area contributed by atoms with Gasteiger partial charge in [-0.15, -0.1) is 0 Å². The molecule has 0 aliphatic rings. The molecule has 0 atom stereocenters. The zero-order valence-corrected chi connectivity index (χ0v) is 17.3. The van der Waals surface area contributed by atoms with Gasteiger partial charge in [0.1, 0.15) is 11.4 Å². The van der Waals surface area contributed by atoms with Gasteiger partial charge < -0.3 is 15.4 Å². The summed E-state index contributed by atoms with van der Waals surface area (Å²) in [4.78, 5) is 25.2. The summed E-state index contributed by atoms with van der Waals surface area (Å²) in [5, 5.41) is 6.19. The molecular formula is C22H25ClN2O3. The number of rotatable bonds is 6. The van der Waals surface area contributed by atoms with E-state index in [1.54, 1.807) is 52.2 Å². The molecule has 0 radical (unpaired) electrons. The first-order valence-corrected chi connectivity index (χ1v) is 9.27. The van der Waals surface area contributed by atoms with Crippen LogP contribution in [0.5, 0.6) is 5.75 Å². The van der Waals surface area contributed by atoms with E-state index in [2.05, 4.69) is 10.6 Å². The van der Waals surface area contributed by atoms with Crippen molar-refractivity contribution in [3.63, 3.8) is 0 Å². The van der Waals surface area contributed by atoms with Gasteiger partial charge in [0.15, 0.2) is 0 Å². The monoisotopic (exact) mass is 400 g/mol. The second-order valence-corrected chi connectivity index (χ2v) is 7.75. The van der Waals surface area contributed by atoms with Crippen LogP contribution in [0.1, 0.15) is 31.9 Å². The van der Waals surface area contributed by atoms with E-state index in [0.717, 1.165) is 5.56 Å². The lowest BCUT2D eigenvalue weighted by Gasteiger charge is -2.19. The number of hydrogen-bond acceptors (Lipinski definition) is 3. The summed E-state index contributed by atoms with van der Waals surface area (Å²) < 4.78 is 5.34. The SMILES string of the molecule is COc1ccccc1/C=C(\NC(=O)C(C)(C)C)C(=O)NCc1ccc(Cl)cc1. The van der Waals surface area contributed by atoms with E-state index in [0.29, 0.717) is 22.9 Å². The number of methoxy groups -OCH3 is 1.